The van der Waals surface area contributed by atoms with Crippen LogP contribution in [0.2, 0.25) is 0 Å². The summed E-state index contributed by atoms with van der Waals surface area (Å²) in [5.74, 6) is -0.241. The van der Waals surface area contributed by atoms with E-state index in [9.17, 15) is 4.79 Å². The number of nitrogens with zero attached hydrogens (tertiary/aromatic N) is 3. The van der Waals surface area contributed by atoms with Gasteiger partial charge in [0.25, 0.3) is 5.91 Å². The Morgan fingerprint density at radius 3 is 2.71 bits per heavy atom. The maximum Gasteiger partial charge on any atom is 0.258 e. The normalized spacial score (nSPS) is 11.2. The van der Waals surface area contributed by atoms with Crippen molar-refractivity contribution < 1.29 is 10.0 Å². The molecule has 6 nitrogen and oxygen atoms in total. The van der Waals surface area contributed by atoms with E-state index in [0.29, 0.717) is 16.8 Å². The molecule has 2 aromatic rings. The fourth-order valence-corrected chi connectivity index (χ4v) is 2.02. The van der Waals surface area contributed by atoms with Crippen molar-refractivity contribution in [1.82, 2.24) is 4.98 Å². The molecule has 0 aliphatic carbocycles. The van der Waals surface area contributed by atoms with E-state index >= 15 is 0 Å². The summed E-state index contributed by atoms with van der Waals surface area (Å²) in [6.07, 6.45) is 1.59. The van der Waals surface area contributed by atoms with Gasteiger partial charge in [-0.25, -0.2) is 0 Å². The first-order valence-corrected chi connectivity index (χ1v) is 6.32. The van der Waals surface area contributed by atoms with Gasteiger partial charge < -0.3 is 15.8 Å². The summed E-state index contributed by atoms with van der Waals surface area (Å²) >= 11 is 0. The predicted octanol–water partition coefficient (Wildman–Crippen LogP) is 1.76. The van der Waals surface area contributed by atoms with Crippen LogP contribution in [0.25, 0.3) is 0 Å². The van der Waals surface area contributed by atoms with Gasteiger partial charge in [-0.05, 0) is 31.2 Å². The molecule has 0 saturated carbocycles. The Kier molecular flexibility index (Phi) is 4.18. The molecule has 1 aromatic heterocycles. The molecule has 0 saturated heterocycles. The molecule has 1 amide bonds. The molecule has 0 aliphatic rings. The zero-order chi connectivity index (χ0) is 15.4. The number of benzene rings is 1. The number of amides is 1. The molecule has 1 heterocycles. The van der Waals surface area contributed by atoms with Crippen LogP contribution in [0.15, 0.2) is 47.8 Å². The number of aryl methyl sites for hydroxylation is 1. The lowest BCUT2D eigenvalue weighted by Crippen LogP contribution is -2.29. The smallest absolute Gasteiger partial charge is 0.258 e. The number of pyridine rings is 1. The van der Waals surface area contributed by atoms with E-state index in [1.54, 1.807) is 49.6 Å². The second-order valence-electron chi connectivity index (χ2n) is 4.55. The van der Waals surface area contributed by atoms with Crippen molar-refractivity contribution in [2.75, 3.05) is 11.9 Å². The quantitative estimate of drug-likeness (QED) is 0.389. The van der Waals surface area contributed by atoms with Gasteiger partial charge in [-0.2, -0.15) is 0 Å². The Morgan fingerprint density at radius 2 is 2.05 bits per heavy atom. The summed E-state index contributed by atoms with van der Waals surface area (Å²) < 4.78 is 0. The van der Waals surface area contributed by atoms with Crippen molar-refractivity contribution in [3.8, 4) is 0 Å². The van der Waals surface area contributed by atoms with Crippen molar-refractivity contribution in [1.29, 1.82) is 0 Å². The van der Waals surface area contributed by atoms with Crippen molar-refractivity contribution in [2.24, 2.45) is 10.9 Å². The second kappa shape index (κ2) is 6.04. The molecule has 1 aromatic carbocycles. The SMILES string of the molecule is Cc1cc(C(=O)N(C)c2ccccc2/C(N)=N/O)ccn1. The molecular weight excluding hydrogens is 268 g/mol. The van der Waals surface area contributed by atoms with Gasteiger partial charge in [0.05, 0.1) is 5.69 Å². The topological polar surface area (TPSA) is 91.8 Å². The van der Waals surface area contributed by atoms with Crippen LogP contribution >= 0.6 is 0 Å². The highest BCUT2D eigenvalue weighted by Crippen LogP contribution is 2.21. The van der Waals surface area contributed by atoms with Crippen molar-refractivity contribution >= 4 is 17.4 Å². The molecule has 6 heteroatoms. The number of oxime groups is 1. The molecule has 0 fully saturated rings. The molecule has 108 valence electrons. The van der Waals surface area contributed by atoms with Gasteiger partial charge in [0.2, 0.25) is 0 Å². The van der Waals surface area contributed by atoms with E-state index in [1.807, 2.05) is 6.92 Å². The third-order valence-corrected chi connectivity index (χ3v) is 3.10. The number of hydrogen-bond acceptors (Lipinski definition) is 4. The minimum atomic E-state index is -0.196. The summed E-state index contributed by atoms with van der Waals surface area (Å²) in [5, 5.41) is 11.8. The molecule has 0 bridgehead atoms. The molecule has 21 heavy (non-hydrogen) atoms. The first-order chi connectivity index (χ1) is 10.0. The number of rotatable bonds is 3. The minimum Gasteiger partial charge on any atom is -0.409 e. The van der Waals surface area contributed by atoms with Crippen molar-refractivity contribution in [2.45, 2.75) is 6.92 Å². The van der Waals surface area contributed by atoms with E-state index < -0.39 is 0 Å². The first-order valence-electron chi connectivity index (χ1n) is 6.32. The lowest BCUT2D eigenvalue weighted by atomic mass is 10.1. The average Bonchev–Trinajstić information content (AvgIpc) is 2.52. The third-order valence-electron chi connectivity index (χ3n) is 3.10. The number of aromatic nitrogens is 1. The fraction of sp³-hybridized carbons (Fsp3) is 0.133. The van der Waals surface area contributed by atoms with Gasteiger partial charge in [0, 0.05) is 30.1 Å². The third kappa shape index (κ3) is 3.00. The summed E-state index contributed by atoms with van der Waals surface area (Å²) in [6, 6.07) is 10.3. The zero-order valence-electron chi connectivity index (χ0n) is 11.8. The van der Waals surface area contributed by atoms with Crippen LogP contribution in [-0.2, 0) is 0 Å². The van der Waals surface area contributed by atoms with Crippen LogP contribution in [-0.4, -0.2) is 29.0 Å². The lowest BCUT2D eigenvalue weighted by Gasteiger charge is -2.20. The standard InChI is InChI=1S/C15H16N4O2/c1-10-9-11(7-8-17-10)15(20)19(2)13-6-4-3-5-12(13)14(16)18-21/h3-9,21H,1-2H3,(H2,16,18). The van der Waals surface area contributed by atoms with Crippen molar-refractivity contribution in [3.63, 3.8) is 0 Å². The molecular formula is C15H16N4O2. The highest BCUT2D eigenvalue weighted by molar-refractivity contribution is 6.10. The van der Waals surface area contributed by atoms with Crippen molar-refractivity contribution in [3.05, 3.63) is 59.4 Å². The number of nitrogens with two attached hydrogens (primary N) is 1. The summed E-state index contributed by atoms with van der Waals surface area (Å²) in [4.78, 5) is 18.0. The number of para-hydroxylation sites is 1. The van der Waals surface area contributed by atoms with Gasteiger partial charge >= 0.3 is 0 Å². The Bertz CT molecular complexity index is 698. The molecule has 0 unspecified atom stereocenters. The molecule has 0 atom stereocenters. The lowest BCUT2D eigenvalue weighted by molar-refractivity contribution is 0.0992. The van der Waals surface area contributed by atoms with Crippen LogP contribution in [0.5, 0.6) is 0 Å². The highest BCUT2D eigenvalue weighted by atomic mass is 16.4. The minimum absolute atomic E-state index is 0.0452. The molecule has 0 radical (unpaired) electrons. The maximum atomic E-state index is 12.5. The van der Waals surface area contributed by atoms with Crippen LogP contribution in [0.1, 0.15) is 21.6 Å². The Balaban J connectivity index is 2.41. The molecule has 2 rings (SSSR count). The van der Waals surface area contributed by atoms with Gasteiger partial charge in [-0.3, -0.25) is 9.78 Å². The van der Waals surface area contributed by atoms with Crippen LogP contribution in [0.4, 0.5) is 5.69 Å². The van der Waals surface area contributed by atoms with Crippen LogP contribution < -0.4 is 10.6 Å². The highest BCUT2D eigenvalue weighted by Gasteiger charge is 2.18. The van der Waals surface area contributed by atoms with E-state index in [1.165, 1.54) is 4.90 Å². The summed E-state index contributed by atoms with van der Waals surface area (Å²) in [7, 11) is 1.64. The number of hydrogen-bond donors (Lipinski definition) is 2. The number of carbonyl (C=O) groups excluding carboxylic acids is 1. The van der Waals surface area contributed by atoms with E-state index in [0.717, 1.165) is 5.69 Å². The molecule has 3 N–H and O–H groups in total. The molecule has 0 aliphatic heterocycles. The first kappa shape index (κ1) is 14.5. The summed E-state index contributed by atoms with van der Waals surface area (Å²) in [6.45, 7) is 1.82. The van der Waals surface area contributed by atoms with Crippen LogP contribution in [0.3, 0.4) is 0 Å². The van der Waals surface area contributed by atoms with Crippen LogP contribution in [0, 0.1) is 6.92 Å². The zero-order valence-corrected chi connectivity index (χ0v) is 11.8. The van der Waals surface area contributed by atoms with Gasteiger partial charge in [-0.15, -0.1) is 0 Å². The Labute approximate surface area is 122 Å². The fourth-order valence-electron chi connectivity index (χ4n) is 2.02. The summed E-state index contributed by atoms with van der Waals surface area (Å²) in [5.41, 5.74) is 7.99. The predicted molar refractivity (Wildman–Crippen MR) is 80.7 cm³/mol. The van der Waals surface area contributed by atoms with E-state index in [4.69, 9.17) is 10.9 Å². The number of amidine groups is 1. The maximum absolute atomic E-state index is 12.5. The molecule has 0 spiro atoms. The van der Waals surface area contributed by atoms with Gasteiger partial charge in [0.15, 0.2) is 5.84 Å². The largest absolute Gasteiger partial charge is 0.409 e. The van der Waals surface area contributed by atoms with E-state index in [-0.39, 0.29) is 11.7 Å². The van der Waals surface area contributed by atoms with Gasteiger partial charge in [0.1, 0.15) is 0 Å². The monoisotopic (exact) mass is 284 g/mol. The van der Waals surface area contributed by atoms with Gasteiger partial charge in [-0.1, -0.05) is 17.3 Å². The average molecular weight is 284 g/mol. The number of anilines is 1. The Morgan fingerprint density at radius 1 is 1.33 bits per heavy atom. The van der Waals surface area contributed by atoms with E-state index in [2.05, 4.69) is 10.1 Å². The number of carbonyl (C=O) groups is 1. The Hall–Kier alpha value is -2.89. The second-order valence-corrected chi connectivity index (χ2v) is 4.55.